The molecule has 110 valence electrons. The van der Waals surface area contributed by atoms with E-state index in [0.29, 0.717) is 11.1 Å². The number of likely N-dealkylation sites (tertiary alicyclic amines) is 1. The van der Waals surface area contributed by atoms with Gasteiger partial charge in [0.15, 0.2) is 0 Å². The quantitative estimate of drug-likeness (QED) is 0.871. The van der Waals surface area contributed by atoms with E-state index in [1.807, 2.05) is 11.9 Å². The maximum atomic E-state index is 12.5. The van der Waals surface area contributed by atoms with Gasteiger partial charge in [0.05, 0.1) is 0 Å². The maximum Gasteiger partial charge on any atom is 0.254 e. The van der Waals surface area contributed by atoms with E-state index in [1.165, 1.54) is 0 Å². The van der Waals surface area contributed by atoms with Crippen molar-refractivity contribution < 1.29 is 9.59 Å². The molecule has 1 aliphatic rings. The first-order chi connectivity index (χ1) is 9.13. The van der Waals surface area contributed by atoms with Crippen LogP contribution in [-0.2, 0) is 0 Å². The third-order valence-corrected chi connectivity index (χ3v) is 3.47. The van der Waals surface area contributed by atoms with Crippen molar-refractivity contribution in [3.63, 3.8) is 0 Å². The van der Waals surface area contributed by atoms with E-state index in [1.54, 1.807) is 24.3 Å². The number of hydrogen-bond acceptors (Lipinski definition) is 3. The Labute approximate surface area is 124 Å². The van der Waals surface area contributed by atoms with E-state index in [0.717, 1.165) is 25.9 Å². The van der Waals surface area contributed by atoms with Crippen molar-refractivity contribution in [2.75, 3.05) is 20.1 Å². The molecule has 0 aromatic heterocycles. The molecule has 0 saturated carbocycles. The summed E-state index contributed by atoms with van der Waals surface area (Å²) in [4.78, 5) is 25.5. The first-order valence-corrected chi connectivity index (χ1v) is 6.49. The van der Waals surface area contributed by atoms with Crippen molar-refractivity contribution in [1.82, 2.24) is 10.2 Å². The molecule has 5 nitrogen and oxygen atoms in total. The number of amides is 2. The molecule has 1 fully saturated rings. The molecule has 0 aliphatic carbocycles. The SMILES string of the molecule is CNCC1CCCN1C(=O)c1cccc(C(N)=O)c1.Cl. The van der Waals surface area contributed by atoms with Crippen LogP contribution in [-0.4, -0.2) is 42.9 Å². The first kappa shape index (κ1) is 16.5. The predicted molar refractivity (Wildman–Crippen MR) is 80.2 cm³/mol. The number of nitrogens with two attached hydrogens (primary N) is 1. The highest BCUT2D eigenvalue weighted by atomic mass is 35.5. The van der Waals surface area contributed by atoms with Crippen LogP contribution in [0.4, 0.5) is 0 Å². The molecule has 2 amide bonds. The molecule has 1 heterocycles. The highest BCUT2D eigenvalue weighted by Crippen LogP contribution is 2.20. The molecule has 0 radical (unpaired) electrons. The van der Waals surface area contributed by atoms with Gasteiger partial charge in [0.2, 0.25) is 5.91 Å². The van der Waals surface area contributed by atoms with E-state index in [-0.39, 0.29) is 24.4 Å². The normalized spacial score (nSPS) is 17.6. The summed E-state index contributed by atoms with van der Waals surface area (Å²) in [5.74, 6) is -0.538. The summed E-state index contributed by atoms with van der Waals surface area (Å²) >= 11 is 0. The van der Waals surface area contributed by atoms with Gasteiger partial charge >= 0.3 is 0 Å². The molecule has 2 rings (SSSR count). The molecule has 20 heavy (non-hydrogen) atoms. The summed E-state index contributed by atoms with van der Waals surface area (Å²) in [6, 6.07) is 6.84. The molecule has 1 unspecified atom stereocenters. The molecule has 3 N–H and O–H groups in total. The van der Waals surface area contributed by atoms with Crippen molar-refractivity contribution in [3.8, 4) is 0 Å². The average molecular weight is 298 g/mol. The Kier molecular flexibility index (Phi) is 5.98. The summed E-state index contributed by atoms with van der Waals surface area (Å²) in [6.45, 7) is 1.56. The van der Waals surface area contributed by atoms with Gasteiger partial charge in [-0.25, -0.2) is 0 Å². The first-order valence-electron chi connectivity index (χ1n) is 6.49. The monoisotopic (exact) mass is 297 g/mol. The van der Waals surface area contributed by atoms with Crippen LogP contribution in [0.1, 0.15) is 33.6 Å². The minimum Gasteiger partial charge on any atom is -0.366 e. The van der Waals surface area contributed by atoms with Crippen LogP contribution in [0.2, 0.25) is 0 Å². The van der Waals surface area contributed by atoms with Crippen molar-refractivity contribution in [2.24, 2.45) is 5.73 Å². The second-order valence-corrected chi connectivity index (χ2v) is 4.80. The summed E-state index contributed by atoms with van der Waals surface area (Å²) in [5, 5.41) is 3.11. The molecule has 6 heteroatoms. The van der Waals surface area contributed by atoms with E-state index in [2.05, 4.69) is 5.32 Å². The van der Waals surface area contributed by atoms with Gasteiger partial charge in [-0.3, -0.25) is 9.59 Å². The Morgan fingerprint density at radius 2 is 2.10 bits per heavy atom. The number of rotatable bonds is 4. The topological polar surface area (TPSA) is 75.4 Å². The van der Waals surface area contributed by atoms with Crippen molar-refractivity contribution >= 4 is 24.2 Å². The van der Waals surface area contributed by atoms with Crippen molar-refractivity contribution in [1.29, 1.82) is 0 Å². The third kappa shape index (κ3) is 3.49. The molecule has 0 spiro atoms. The van der Waals surface area contributed by atoms with Gasteiger partial charge in [0, 0.05) is 30.3 Å². The smallest absolute Gasteiger partial charge is 0.254 e. The summed E-state index contributed by atoms with van der Waals surface area (Å²) in [5.41, 5.74) is 6.14. The largest absolute Gasteiger partial charge is 0.366 e. The number of nitrogens with one attached hydrogen (secondary N) is 1. The van der Waals surface area contributed by atoms with Gasteiger partial charge < -0.3 is 16.0 Å². The number of likely N-dealkylation sites (N-methyl/N-ethyl adjacent to an activating group) is 1. The zero-order valence-corrected chi connectivity index (χ0v) is 12.3. The lowest BCUT2D eigenvalue weighted by atomic mass is 10.1. The fourth-order valence-corrected chi connectivity index (χ4v) is 2.52. The summed E-state index contributed by atoms with van der Waals surface area (Å²) in [7, 11) is 1.88. The lowest BCUT2D eigenvalue weighted by Crippen LogP contribution is -2.40. The predicted octanol–water partition coefficient (Wildman–Crippen LogP) is 1.03. The Bertz CT molecular complexity index is 493. The molecule has 0 bridgehead atoms. The highest BCUT2D eigenvalue weighted by molar-refractivity contribution is 5.99. The Morgan fingerprint density at radius 1 is 1.40 bits per heavy atom. The lowest BCUT2D eigenvalue weighted by molar-refractivity contribution is 0.0737. The maximum absolute atomic E-state index is 12.5. The molecular formula is C14H20ClN3O2. The standard InChI is InChI=1S/C14H19N3O2.ClH/c1-16-9-12-6-3-7-17(12)14(19)11-5-2-4-10(8-11)13(15)18;/h2,4-5,8,12,16H,3,6-7,9H2,1H3,(H2,15,18);1H. The van der Waals surface area contributed by atoms with E-state index in [4.69, 9.17) is 5.73 Å². The number of carbonyl (C=O) groups is 2. The van der Waals surface area contributed by atoms with Crippen LogP contribution in [0.15, 0.2) is 24.3 Å². The lowest BCUT2D eigenvalue weighted by Gasteiger charge is -2.24. The Hall–Kier alpha value is -1.59. The van der Waals surface area contributed by atoms with Gasteiger partial charge in [-0.1, -0.05) is 6.07 Å². The van der Waals surface area contributed by atoms with E-state index >= 15 is 0 Å². The summed E-state index contributed by atoms with van der Waals surface area (Å²) < 4.78 is 0. The van der Waals surface area contributed by atoms with Crippen LogP contribution >= 0.6 is 12.4 Å². The van der Waals surface area contributed by atoms with Gasteiger partial charge in [0.1, 0.15) is 0 Å². The number of halogens is 1. The van der Waals surface area contributed by atoms with Crippen LogP contribution < -0.4 is 11.1 Å². The molecule has 1 atom stereocenters. The third-order valence-electron chi connectivity index (χ3n) is 3.47. The fourth-order valence-electron chi connectivity index (χ4n) is 2.52. The zero-order valence-electron chi connectivity index (χ0n) is 11.5. The number of carbonyl (C=O) groups excluding carboxylic acids is 2. The van der Waals surface area contributed by atoms with Crippen LogP contribution in [0.5, 0.6) is 0 Å². The fraction of sp³-hybridized carbons (Fsp3) is 0.429. The minimum absolute atomic E-state index is 0. The molecule has 1 aromatic carbocycles. The second kappa shape index (κ2) is 7.26. The number of hydrogen-bond donors (Lipinski definition) is 2. The van der Waals surface area contributed by atoms with Crippen molar-refractivity contribution in [2.45, 2.75) is 18.9 Å². The van der Waals surface area contributed by atoms with Gasteiger partial charge in [-0.2, -0.15) is 0 Å². The van der Waals surface area contributed by atoms with Gasteiger partial charge in [0.25, 0.3) is 5.91 Å². The van der Waals surface area contributed by atoms with Crippen molar-refractivity contribution in [3.05, 3.63) is 35.4 Å². The number of nitrogens with zero attached hydrogens (tertiary/aromatic N) is 1. The van der Waals surface area contributed by atoms with Crippen LogP contribution in [0, 0.1) is 0 Å². The van der Waals surface area contributed by atoms with Gasteiger partial charge in [-0.15, -0.1) is 12.4 Å². The summed E-state index contributed by atoms with van der Waals surface area (Å²) in [6.07, 6.45) is 2.04. The average Bonchev–Trinajstić information content (AvgIpc) is 2.86. The van der Waals surface area contributed by atoms with E-state index in [9.17, 15) is 9.59 Å². The van der Waals surface area contributed by atoms with Gasteiger partial charge in [-0.05, 0) is 38.1 Å². The minimum atomic E-state index is -0.511. The number of primary amides is 1. The molecule has 1 saturated heterocycles. The number of benzene rings is 1. The highest BCUT2D eigenvalue weighted by Gasteiger charge is 2.28. The van der Waals surface area contributed by atoms with Crippen LogP contribution in [0.3, 0.4) is 0 Å². The Morgan fingerprint density at radius 3 is 2.75 bits per heavy atom. The molecule has 1 aliphatic heterocycles. The Balaban J connectivity index is 0.00000200. The molecule has 1 aromatic rings. The second-order valence-electron chi connectivity index (χ2n) is 4.80. The van der Waals surface area contributed by atoms with Crippen LogP contribution in [0.25, 0.3) is 0 Å². The van der Waals surface area contributed by atoms with E-state index < -0.39 is 5.91 Å². The molecular weight excluding hydrogens is 278 g/mol. The zero-order chi connectivity index (χ0) is 13.8.